The molecular weight excluding hydrogens is 166 g/mol. The van der Waals surface area contributed by atoms with Gasteiger partial charge in [-0.3, -0.25) is 4.98 Å². The Balaban J connectivity index is 2.75. The highest BCUT2D eigenvalue weighted by molar-refractivity contribution is 6.01. The van der Waals surface area contributed by atoms with Crippen molar-refractivity contribution in [1.29, 1.82) is 0 Å². The van der Waals surface area contributed by atoms with Gasteiger partial charge in [0.15, 0.2) is 5.65 Å². The van der Waals surface area contributed by atoms with Gasteiger partial charge in [-0.15, -0.1) is 0 Å². The molecule has 1 N–H and O–H groups in total. The number of aromatic amines is 1. The van der Waals surface area contributed by atoms with Gasteiger partial charge in [0.1, 0.15) is 5.65 Å². The van der Waals surface area contributed by atoms with Gasteiger partial charge in [0, 0.05) is 12.4 Å². The van der Waals surface area contributed by atoms with E-state index in [0.29, 0.717) is 5.65 Å². The van der Waals surface area contributed by atoms with Gasteiger partial charge in [0.25, 0.3) is 0 Å². The molecule has 13 heavy (non-hydrogen) atoms. The van der Waals surface area contributed by atoms with Crippen molar-refractivity contribution < 1.29 is 0 Å². The van der Waals surface area contributed by atoms with Crippen molar-refractivity contribution in [2.24, 2.45) is 0 Å². The molecule has 0 atom stereocenters. The first kappa shape index (κ1) is 6.47. The summed E-state index contributed by atoms with van der Waals surface area (Å²) in [6.07, 6.45) is 6.56. The van der Waals surface area contributed by atoms with Crippen LogP contribution in [-0.2, 0) is 0 Å². The minimum atomic E-state index is 0.681. The molecule has 3 rings (SSSR count). The second-order valence-electron chi connectivity index (χ2n) is 2.65. The van der Waals surface area contributed by atoms with Crippen LogP contribution in [0.5, 0.6) is 0 Å². The van der Waals surface area contributed by atoms with Gasteiger partial charge >= 0.3 is 0 Å². The zero-order valence-electron chi connectivity index (χ0n) is 6.60. The second-order valence-corrected chi connectivity index (χ2v) is 2.65. The molecule has 0 saturated carbocycles. The summed E-state index contributed by atoms with van der Waals surface area (Å²) < 4.78 is 0. The van der Waals surface area contributed by atoms with Crippen LogP contribution in [0.2, 0.25) is 0 Å². The highest BCUT2D eigenvalue weighted by atomic mass is 15.0. The summed E-state index contributed by atoms with van der Waals surface area (Å²) in [5, 5.41) is 0.882. The summed E-state index contributed by atoms with van der Waals surface area (Å²) in [7, 11) is 0. The number of H-pyrrole nitrogens is 1. The standard InChI is InChI=1S/C8H5N5/c1-2-10-7-6-5(9-1)3-11-8(6)13-4-12-7/h1-4H,(H,10,11,12,13). The molecule has 3 aromatic rings. The molecule has 0 unspecified atom stereocenters. The van der Waals surface area contributed by atoms with Crippen molar-refractivity contribution >= 4 is 22.2 Å². The third-order valence-electron chi connectivity index (χ3n) is 1.90. The third kappa shape index (κ3) is 0.807. The Morgan fingerprint density at radius 2 is 1.92 bits per heavy atom. The molecule has 0 bridgehead atoms. The van der Waals surface area contributed by atoms with Gasteiger partial charge in [-0.1, -0.05) is 0 Å². The summed E-state index contributed by atoms with van der Waals surface area (Å²) in [6.45, 7) is 0. The first-order valence-electron chi connectivity index (χ1n) is 3.84. The molecule has 0 aliphatic heterocycles. The van der Waals surface area contributed by atoms with E-state index >= 15 is 0 Å². The first-order valence-corrected chi connectivity index (χ1v) is 3.84. The number of hydrogen-bond acceptors (Lipinski definition) is 4. The van der Waals surface area contributed by atoms with E-state index < -0.39 is 0 Å². The van der Waals surface area contributed by atoms with E-state index in [-0.39, 0.29) is 0 Å². The lowest BCUT2D eigenvalue weighted by Crippen LogP contribution is -1.82. The van der Waals surface area contributed by atoms with Crippen LogP contribution >= 0.6 is 0 Å². The lowest BCUT2D eigenvalue weighted by molar-refractivity contribution is 1.19. The Hall–Kier alpha value is -2.04. The molecular formula is C8H5N5. The molecule has 5 heteroatoms. The number of nitrogens with zero attached hydrogens (tertiary/aromatic N) is 4. The average molecular weight is 171 g/mol. The molecule has 3 aromatic heterocycles. The van der Waals surface area contributed by atoms with Crippen molar-refractivity contribution in [2.45, 2.75) is 0 Å². The van der Waals surface area contributed by atoms with Gasteiger partial charge in [-0.25, -0.2) is 15.0 Å². The highest BCUT2D eigenvalue weighted by Gasteiger charge is 2.05. The minimum Gasteiger partial charge on any atom is -0.330 e. The third-order valence-corrected chi connectivity index (χ3v) is 1.90. The van der Waals surface area contributed by atoms with Gasteiger partial charge in [0.05, 0.1) is 23.4 Å². The summed E-state index contributed by atoms with van der Waals surface area (Å²) >= 11 is 0. The largest absolute Gasteiger partial charge is 0.330 e. The van der Waals surface area contributed by atoms with E-state index in [1.807, 2.05) is 0 Å². The van der Waals surface area contributed by atoms with Gasteiger partial charge in [0.2, 0.25) is 0 Å². The van der Waals surface area contributed by atoms with Crippen LogP contribution < -0.4 is 0 Å². The Kier molecular flexibility index (Phi) is 1.11. The lowest BCUT2D eigenvalue weighted by Gasteiger charge is -1.88. The number of rotatable bonds is 0. The molecule has 0 radical (unpaired) electrons. The maximum absolute atomic E-state index is 4.17. The fraction of sp³-hybridized carbons (Fsp3) is 0. The van der Waals surface area contributed by atoms with Crippen LogP contribution in [0, 0.1) is 0 Å². The van der Waals surface area contributed by atoms with E-state index in [1.54, 1.807) is 24.9 Å². The van der Waals surface area contributed by atoms with Crippen LogP contribution in [0.3, 0.4) is 0 Å². The SMILES string of the molecule is c1cnc2[nH]cnc3ncc(n1)c32. The Bertz CT molecular complexity index is 571. The number of hydrogen-bond donors (Lipinski definition) is 1. The van der Waals surface area contributed by atoms with Crippen molar-refractivity contribution in [3.8, 4) is 0 Å². The van der Waals surface area contributed by atoms with Gasteiger partial charge < -0.3 is 4.98 Å². The zero-order valence-corrected chi connectivity index (χ0v) is 6.60. The molecule has 0 aliphatic carbocycles. The highest BCUT2D eigenvalue weighted by Crippen LogP contribution is 2.17. The van der Waals surface area contributed by atoms with E-state index in [1.165, 1.54) is 0 Å². The Morgan fingerprint density at radius 3 is 2.92 bits per heavy atom. The fourth-order valence-corrected chi connectivity index (χ4v) is 1.34. The molecule has 0 amide bonds. The molecule has 0 aromatic carbocycles. The molecule has 0 fully saturated rings. The van der Waals surface area contributed by atoms with E-state index in [2.05, 4.69) is 24.9 Å². The fourth-order valence-electron chi connectivity index (χ4n) is 1.34. The first-order chi connectivity index (χ1) is 6.45. The minimum absolute atomic E-state index is 0.681. The summed E-state index contributed by atoms with van der Waals surface area (Å²) in [5.41, 5.74) is 2.25. The normalized spacial score (nSPS) is 11.1. The average Bonchev–Trinajstić information content (AvgIpc) is 2.44. The quantitative estimate of drug-likeness (QED) is 0.545. The number of nitrogens with one attached hydrogen (secondary N) is 1. The lowest BCUT2D eigenvalue weighted by atomic mass is 10.4. The summed E-state index contributed by atoms with van der Waals surface area (Å²) in [4.78, 5) is 19.5. The molecule has 0 aliphatic rings. The van der Waals surface area contributed by atoms with Crippen LogP contribution in [-0.4, -0.2) is 24.9 Å². The van der Waals surface area contributed by atoms with Crippen LogP contribution in [0.4, 0.5) is 0 Å². The molecule has 62 valence electrons. The molecule has 0 saturated heterocycles. The predicted molar refractivity (Wildman–Crippen MR) is 47.0 cm³/mol. The molecule has 5 nitrogen and oxygen atoms in total. The van der Waals surface area contributed by atoms with E-state index in [4.69, 9.17) is 0 Å². The van der Waals surface area contributed by atoms with E-state index in [0.717, 1.165) is 16.6 Å². The zero-order chi connectivity index (χ0) is 8.67. The maximum Gasteiger partial charge on any atom is 0.166 e. The van der Waals surface area contributed by atoms with Gasteiger partial charge in [-0.2, -0.15) is 0 Å². The number of aromatic nitrogens is 5. The second kappa shape index (κ2) is 2.22. The molecule has 0 spiro atoms. The molecule has 3 heterocycles. The van der Waals surface area contributed by atoms with Crippen molar-refractivity contribution in [3.05, 3.63) is 24.9 Å². The smallest absolute Gasteiger partial charge is 0.166 e. The summed E-state index contributed by atoms with van der Waals surface area (Å²) in [6, 6.07) is 0. The predicted octanol–water partition coefficient (Wildman–Crippen LogP) is 0.901. The summed E-state index contributed by atoms with van der Waals surface area (Å²) in [5.74, 6) is 0. The van der Waals surface area contributed by atoms with Crippen molar-refractivity contribution in [3.63, 3.8) is 0 Å². The van der Waals surface area contributed by atoms with Crippen molar-refractivity contribution in [1.82, 2.24) is 24.9 Å². The Labute approximate surface area is 72.9 Å². The van der Waals surface area contributed by atoms with Crippen molar-refractivity contribution in [2.75, 3.05) is 0 Å². The van der Waals surface area contributed by atoms with Gasteiger partial charge in [-0.05, 0) is 0 Å². The maximum atomic E-state index is 4.17. The Morgan fingerprint density at radius 1 is 1.00 bits per heavy atom. The monoisotopic (exact) mass is 171 g/mol. The van der Waals surface area contributed by atoms with Crippen LogP contribution in [0.15, 0.2) is 24.9 Å². The van der Waals surface area contributed by atoms with Crippen LogP contribution in [0.1, 0.15) is 0 Å². The van der Waals surface area contributed by atoms with E-state index in [9.17, 15) is 0 Å². The van der Waals surface area contributed by atoms with Crippen LogP contribution in [0.25, 0.3) is 22.2 Å². The topological polar surface area (TPSA) is 67.3 Å².